The van der Waals surface area contributed by atoms with Crippen LogP contribution in [0.3, 0.4) is 0 Å². The van der Waals surface area contributed by atoms with E-state index in [1.54, 1.807) is 0 Å². The number of hydrogen-bond donors (Lipinski definition) is 1. The molecule has 2 heterocycles. The van der Waals surface area contributed by atoms with Gasteiger partial charge < -0.3 is 5.32 Å². The monoisotopic (exact) mass is 251 g/mol. The summed E-state index contributed by atoms with van der Waals surface area (Å²) >= 11 is 0. The summed E-state index contributed by atoms with van der Waals surface area (Å²) in [6.45, 7) is 2.14. The summed E-state index contributed by atoms with van der Waals surface area (Å²) in [6, 6.07) is 14.8. The van der Waals surface area contributed by atoms with E-state index >= 15 is 0 Å². The lowest BCUT2D eigenvalue weighted by Gasteiger charge is -2.18. The van der Waals surface area contributed by atoms with Crippen LogP contribution in [0.2, 0.25) is 0 Å². The number of nitrogens with zero attached hydrogens (tertiary/aromatic N) is 2. The van der Waals surface area contributed by atoms with Crippen LogP contribution in [-0.4, -0.2) is 16.7 Å². The van der Waals surface area contributed by atoms with Crippen LogP contribution in [0.5, 0.6) is 0 Å². The van der Waals surface area contributed by atoms with Crippen molar-refractivity contribution in [2.45, 2.75) is 13.0 Å². The summed E-state index contributed by atoms with van der Waals surface area (Å²) in [4.78, 5) is 0. The molecule has 0 amide bonds. The third-order valence-corrected chi connectivity index (χ3v) is 3.56. The zero-order chi connectivity index (χ0) is 13.2. The third-order valence-electron chi connectivity index (χ3n) is 3.56. The molecule has 0 aliphatic rings. The number of fused-ring (bicyclic) bond motifs is 1. The molecule has 0 fully saturated rings. The van der Waals surface area contributed by atoms with E-state index in [4.69, 9.17) is 0 Å². The quantitative estimate of drug-likeness (QED) is 0.775. The Morgan fingerprint density at radius 2 is 1.84 bits per heavy atom. The molecule has 96 valence electrons. The maximum atomic E-state index is 4.42. The van der Waals surface area contributed by atoms with Crippen molar-refractivity contribution in [3.8, 4) is 0 Å². The van der Waals surface area contributed by atoms with Crippen LogP contribution in [-0.2, 0) is 0 Å². The lowest BCUT2D eigenvalue weighted by Crippen LogP contribution is -2.18. The van der Waals surface area contributed by atoms with Crippen LogP contribution in [0.4, 0.5) is 0 Å². The number of aryl methyl sites for hydroxylation is 1. The molecule has 1 atom stereocenters. The van der Waals surface area contributed by atoms with Crippen molar-refractivity contribution in [3.63, 3.8) is 0 Å². The smallest absolute Gasteiger partial charge is 0.0712 e. The molecule has 0 bridgehead atoms. The van der Waals surface area contributed by atoms with E-state index in [-0.39, 0.29) is 6.04 Å². The zero-order valence-electron chi connectivity index (χ0n) is 11.2. The molecule has 0 saturated heterocycles. The first-order valence-electron chi connectivity index (χ1n) is 6.46. The minimum atomic E-state index is 0.168. The molecule has 1 N–H and O–H groups in total. The molecule has 0 aliphatic carbocycles. The predicted molar refractivity (Wildman–Crippen MR) is 77.3 cm³/mol. The summed E-state index contributed by atoms with van der Waals surface area (Å²) in [5.74, 6) is 0. The maximum Gasteiger partial charge on any atom is 0.0712 e. The average Bonchev–Trinajstić information content (AvgIpc) is 2.86. The number of benzene rings is 1. The number of pyridine rings is 1. The number of aromatic nitrogens is 2. The van der Waals surface area contributed by atoms with Gasteiger partial charge in [-0.05, 0) is 37.2 Å². The second-order valence-corrected chi connectivity index (χ2v) is 4.71. The van der Waals surface area contributed by atoms with E-state index in [9.17, 15) is 0 Å². The first-order chi connectivity index (χ1) is 9.31. The van der Waals surface area contributed by atoms with E-state index in [0.717, 1.165) is 5.52 Å². The fraction of sp³-hybridized carbons (Fsp3) is 0.188. The normalized spacial score (nSPS) is 12.7. The van der Waals surface area contributed by atoms with Crippen LogP contribution < -0.4 is 5.32 Å². The Balaban J connectivity index is 2.15. The summed E-state index contributed by atoms with van der Waals surface area (Å²) in [6.07, 6.45) is 3.92. The zero-order valence-corrected chi connectivity index (χ0v) is 11.2. The first-order valence-corrected chi connectivity index (χ1v) is 6.46. The Bertz CT molecular complexity index is 700. The number of hydrogen-bond acceptors (Lipinski definition) is 2. The van der Waals surface area contributed by atoms with Crippen molar-refractivity contribution < 1.29 is 0 Å². The summed E-state index contributed by atoms with van der Waals surface area (Å²) in [5, 5.41) is 7.82. The largest absolute Gasteiger partial charge is 0.309 e. The van der Waals surface area contributed by atoms with Crippen LogP contribution >= 0.6 is 0 Å². The van der Waals surface area contributed by atoms with Crippen molar-refractivity contribution in [1.29, 1.82) is 0 Å². The van der Waals surface area contributed by atoms with E-state index in [0.29, 0.717) is 0 Å². The minimum Gasteiger partial charge on any atom is -0.309 e. The third kappa shape index (κ3) is 2.02. The Kier molecular flexibility index (Phi) is 3.05. The van der Waals surface area contributed by atoms with Crippen LogP contribution in [0.1, 0.15) is 22.7 Å². The fourth-order valence-corrected chi connectivity index (χ4v) is 2.57. The van der Waals surface area contributed by atoms with Gasteiger partial charge in [-0.1, -0.05) is 30.3 Å². The lowest BCUT2D eigenvalue weighted by atomic mass is 9.96. The molecule has 1 unspecified atom stereocenters. The molecule has 0 radical (unpaired) electrons. The number of rotatable bonds is 3. The Labute approximate surface area is 112 Å². The maximum absolute atomic E-state index is 4.42. The van der Waals surface area contributed by atoms with Crippen molar-refractivity contribution >= 4 is 5.52 Å². The average molecular weight is 251 g/mol. The summed E-state index contributed by atoms with van der Waals surface area (Å²) < 4.78 is 1.91. The molecule has 3 aromatic rings. The van der Waals surface area contributed by atoms with E-state index in [1.165, 1.54) is 16.7 Å². The molecule has 1 aromatic carbocycles. The van der Waals surface area contributed by atoms with Gasteiger partial charge in [0.15, 0.2) is 0 Å². The molecule has 0 aliphatic heterocycles. The molecule has 0 spiro atoms. The van der Waals surface area contributed by atoms with Gasteiger partial charge in [-0.3, -0.25) is 0 Å². The Morgan fingerprint density at radius 3 is 2.63 bits per heavy atom. The molecular formula is C16H17N3. The van der Waals surface area contributed by atoms with Gasteiger partial charge in [0.25, 0.3) is 0 Å². The highest BCUT2D eigenvalue weighted by molar-refractivity contribution is 5.57. The van der Waals surface area contributed by atoms with Gasteiger partial charge >= 0.3 is 0 Å². The first kappa shape index (κ1) is 11.9. The minimum absolute atomic E-state index is 0.168. The van der Waals surface area contributed by atoms with E-state index < -0.39 is 0 Å². The Morgan fingerprint density at radius 1 is 1.05 bits per heavy atom. The number of nitrogens with one attached hydrogen (secondary N) is 1. The highest BCUT2D eigenvalue weighted by Crippen LogP contribution is 2.27. The van der Waals surface area contributed by atoms with E-state index in [1.807, 2.05) is 36.1 Å². The van der Waals surface area contributed by atoms with Crippen molar-refractivity contribution in [3.05, 3.63) is 71.5 Å². The summed E-state index contributed by atoms with van der Waals surface area (Å²) in [5.41, 5.74) is 4.93. The second kappa shape index (κ2) is 4.86. The van der Waals surface area contributed by atoms with Gasteiger partial charge in [-0.25, -0.2) is 4.52 Å². The van der Waals surface area contributed by atoms with Crippen molar-refractivity contribution in [2.75, 3.05) is 7.05 Å². The predicted octanol–water partition coefficient (Wildman–Crippen LogP) is 2.95. The second-order valence-electron chi connectivity index (χ2n) is 4.71. The molecule has 3 rings (SSSR count). The summed E-state index contributed by atoms with van der Waals surface area (Å²) in [7, 11) is 1.99. The van der Waals surface area contributed by atoms with E-state index in [2.05, 4.69) is 47.7 Å². The van der Waals surface area contributed by atoms with Crippen LogP contribution in [0.15, 0.2) is 54.9 Å². The topological polar surface area (TPSA) is 29.3 Å². The SMILES string of the molecule is CNC(c1ccccc1C)c1cnn2ccccc12. The lowest BCUT2D eigenvalue weighted by molar-refractivity contribution is 0.692. The Hall–Kier alpha value is -2.13. The molecule has 0 saturated carbocycles. The van der Waals surface area contributed by atoms with Crippen molar-refractivity contribution in [1.82, 2.24) is 14.9 Å². The van der Waals surface area contributed by atoms with Gasteiger partial charge in [0.05, 0.1) is 17.8 Å². The molecule has 3 nitrogen and oxygen atoms in total. The molecule has 2 aromatic heterocycles. The van der Waals surface area contributed by atoms with Gasteiger partial charge in [-0.2, -0.15) is 5.10 Å². The molecule has 3 heteroatoms. The van der Waals surface area contributed by atoms with Gasteiger partial charge in [0.2, 0.25) is 0 Å². The van der Waals surface area contributed by atoms with Crippen molar-refractivity contribution in [2.24, 2.45) is 0 Å². The van der Waals surface area contributed by atoms with Gasteiger partial charge in [-0.15, -0.1) is 0 Å². The molecular weight excluding hydrogens is 234 g/mol. The van der Waals surface area contributed by atoms with Crippen LogP contribution in [0.25, 0.3) is 5.52 Å². The standard InChI is InChI=1S/C16H17N3/c1-12-7-3-4-8-13(12)16(17-2)14-11-18-19-10-6-5-9-15(14)19/h3-11,16-17H,1-2H3. The van der Waals surface area contributed by atoms with Gasteiger partial charge in [0.1, 0.15) is 0 Å². The highest BCUT2D eigenvalue weighted by atomic mass is 15.2. The highest BCUT2D eigenvalue weighted by Gasteiger charge is 2.17. The fourth-order valence-electron chi connectivity index (χ4n) is 2.57. The molecule has 19 heavy (non-hydrogen) atoms. The van der Waals surface area contributed by atoms with Gasteiger partial charge in [0, 0.05) is 11.8 Å². The van der Waals surface area contributed by atoms with Crippen LogP contribution in [0, 0.1) is 6.92 Å².